The molecule has 2 aliphatic rings. The molecule has 3 aromatic rings. The standard InChI is InChI=1S/C28H28Cl2N4O2S/c29-20-12-8-18(9-13-20)24-25(19-10-14-21(30)15-11-19)32-26-22(31-24)6-5-17-34(26)16-4-2-1-3-7-23-27(35)33-28(36)37-23/h8-15,23H,1-7,16-17H2,(H,33,35,36). The van der Waals surface area contributed by atoms with Crippen LogP contribution in [0.15, 0.2) is 48.5 Å². The van der Waals surface area contributed by atoms with Crippen LogP contribution in [-0.4, -0.2) is 39.5 Å². The van der Waals surface area contributed by atoms with Gasteiger partial charge in [-0.1, -0.05) is 78.5 Å². The molecule has 1 N–H and O–H groups in total. The number of unbranched alkanes of at least 4 members (excludes halogenated alkanes) is 3. The molecule has 1 fully saturated rings. The lowest BCUT2D eigenvalue weighted by Crippen LogP contribution is -2.32. The van der Waals surface area contributed by atoms with Gasteiger partial charge in [-0.25, -0.2) is 9.97 Å². The van der Waals surface area contributed by atoms with Gasteiger partial charge < -0.3 is 4.90 Å². The van der Waals surface area contributed by atoms with Gasteiger partial charge in [-0.15, -0.1) is 0 Å². The Morgan fingerprint density at radius 2 is 1.49 bits per heavy atom. The smallest absolute Gasteiger partial charge is 0.286 e. The van der Waals surface area contributed by atoms with Gasteiger partial charge in [-0.2, -0.15) is 0 Å². The number of fused-ring (bicyclic) bond motifs is 1. The number of carbonyl (C=O) groups is 2. The van der Waals surface area contributed by atoms with E-state index in [1.165, 1.54) is 0 Å². The molecule has 1 unspecified atom stereocenters. The fourth-order valence-electron chi connectivity index (χ4n) is 4.83. The first kappa shape index (κ1) is 26.0. The first-order valence-electron chi connectivity index (χ1n) is 12.7. The van der Waals surface area contributed by atoms with Crippen LogP contribution in [0.5, 0.6) is 0 Å². The van der Waals surface area contributed by atoms with E-state index in [-0.39, 0.29) is 16.4 Å². The molecule has 1 aromatic heterocycles. The average molecular weight is 556 g/mol. The third-order valence-electron chi connectivity index (χ3n) is 6.73. The number of halogens is 2. The number of benzene rings is 2. The number of hydrogen-bond acceptors (Lipinski definition) is 6. The maximum absolute atomic E-state index is 11.7. The van der Waals surface area contributed by atoms with E-state index in [1.807, 2.05) is 48.5 Å². The van der Waals surface area contributed by atoms with E-state index in [1.54, 1.807) is 0 Å². The zero-order chi connectivity index (χ0) is 25.8. The van der Waals surface area contributed by atoms with Crippen molar-refractivity contribution in [1.29, 1.82) is 0 Å². The van der Waals surface area contributed by atoms with Gasteiger partial charge in [0.1, 0.15) is 0 Å². The maximum atomic E-state index is 11.7. The van der Waals surface area contributed by atoms with Gasteiger partial charge in [0.05, 0.1) is 22.3 Å². The number of nitrogens with zero attached hydrogens (tertiary/aromatic N) is 3. The van der Waals surface area contributed by atoms with Crippen molar-refractivity contribution < 1.29 is 9.59 Å². The van der Waals surface area contributed by atoms with E-state index in [9.17, 15) is 9.59 Å². The fourth-order valence-corrected chi connectivity index (χ4v) is 5.95. The third kappa shape index (κ3) is 6.28. The van der Waals surface area contributed by atoms with Crippen LogP contribution in [0, 0.1) is 0 Å². The lowest BCUT2D eigenvalue weighted by molar-refractivity contribution is -0.119. The number of nitrogens with one attached hydrogen (secondary N) is 1. The van der Waals surface area contributed by atoms with Gasteiger partial charge in [-0.3, -0.25) is 14.9 Å². The van der Waals surface area contributed by atoms with Gasteiger partial charge in [-0.05, 0) is 49.9 Å². The minimum atomic E-state index is -0.225. The Balaban J connectivity index is 1.30. The number of imide groups is 1. The zero-order valence-electron chi connectivity index (χ0n) is 20.4. The topological polar surface area (TPSA) is 75.2 Å². The molecular weight excluding hydrogens is 527 g/mol. The maximum Gasteiger partial charge on any atom is 0.286 e. The Morgan fingerprint density at radius 3 is 2.11 bits per heavy atom. The van der Waals surface area contributed by atoms with Crippen LogP contribution in [0.2, 0.25) is 10.0 Å². The summed E-state index contributed by atoms with van der Waals surface area (Å²) in [5, 5.41) is 3.28. The van der Waals surface area contributed by atoms with Gasteiger partial charge in [0.2, 0.25) is 5.91 Å². The highest BCUT2D eigenvalue weighted by Crippen LogP contribution is 2.35. The van der Waals surface area contributed by atoms with E-state index >= 15 is 0 Å². The molecule has 0 bridgehead atoms. The number of thioether (sulfide) groups is 1. The minimum absolute atomic E-state index is 0.145. The molecule has 0 radical (unpaired) electrons. The second-order valence-corrected chi connectivity index (χ2v) is 11.4. The van der Waals surface area contributed by atoms with E-state index in [2.05, 4.69) is 10.2 Å². The number of anilines is 1. The summed E-state index contributed by atoms with van der Waals surface area (Å²) in [6.45, 7) is 1.88. The van der Waals surface area contributed by atoms with Crippen LogP contribution in [0.25, 0.3) is 22.5 Å². The second kappa shape index (κ2) is 11.8. The third-order valence-corrected chi connectivity index (χ3v) is 8.29. The summed E-state index contributed by atoms with van der Waals surface area (Å²) in [6.07, 6.45) is 6.79. The van der Waals surface area contributed by atoms with Crippen molar-refractivity contribution in [2.24, 2.45) is 0 Å². The molecule has 5 rings (SSSR count). The highest BCUT2D eigenvalue weighted by atomic mass is 35.5. The number of rotatable bonds is 9. The summed E-state index contributed by atoms with van der Waals surface area (Å²) in [5.74, 6) is 0.819. The second-order valence-electron chi connectivity index (χ2n) is 9.38. The molecule has 0 spiro atoms. The molecule has 192 valence electrons. The van der Waals surface area contributed by atoms with Crippen molar-refractivity contribution in [3.8, 4) is 22.5 Å². The van der Waals surface area contributed by atoms with Gasteiger partial charge >= 0.3 is 0 Å². The molecule has 9 heteroatoms. The molecule has 0 saturated carbocycles. The molecule has 37 heavy (non-hydrogen) atoms. The number of amides is 2. The number of hydrogen-bond donors (Lipinski definition) is 1. The van der Waals surface area contributed by atoms with Crippen LogP contribution < -0.4 is 10.2 Å². The summed E-state index contributed by atoms with van der Waals surface area (Å²) in [6, 6.07) is 15.5. The van der Waals surface area contributed by atoms with Gasteiger partial charge in [0.15, 0.2) is 5.82 Å². The summed E-state index contributed by atoms with van der Waals surface area (Å²) in [5.41, 5.74) is 4.68. The van der Waals surface area contributed by atoms with Crippen LogP contribution >= 0.6 is 35.0 Å². The number of aromatic nitrogens is 2. The Hall–Kier alpha value is -2.61. The number of carbonyl (C=O) groups excluding carboxylic acids is 2. The molecule has 3 heterocycles. The van der Waals surface area contributed by atoms with Crippen molar-refractivity contribution in [3.63, 3.8) is 0 Å². The first-order valence-corrected chi connectivity index (χ1v) is 14.3. The lowest BCUT2D eigenvalue weighted by atomic mass is 10.0. The summed E-state index contributed by atoms with van der Waals surface area (Å²) in [4.78, 5) is 35.7. The Kier molecular flexibility index (Phi) is 8.33. The predicted molar refractivity (Wildman–Crippen MR) is 151 cm³/mol. The van der Waals surface area contributed by atoms with Crippen molar-refractivity contribution in [3.05, 3.63) is 64.3 Å². The van der Waals surface area contributed by atoms with Crippen LogP contribution in [-0.2, 0) is 11.2 Å². The van der Waals surface area contributed by atoms with Crippen LogP contribution in [0.1, 0.15) is 44.2 Å². The lowest BCUT2D eigenvalue weighted by Gasteiger charge is -2.30. The fraction of sp³-hybridized carbons (Fsp3) is 0.357. The van der Waals surface area contributed by atoms with Gasteiger partial charge in [0.25, 0.3) is 5.24 Å². The van der Waals surface area contributed by atoms with Crippen molar-refractivity contribution in [2.45, 2.75) is 50.2 Å². The minimum Gasteiger partial charge on any atom is -0.355 e. The van der Waals surface area contributed by atoms with E-state index in [4.69, 9.17) is 33.2 Å². The Bertz CT molecular complexity index is 1280. The zero-order valence-corrected chi connectivity index (χ0v) is 22.7. The highest BCUT2D eigenvalue weighted by molar-refractivity contribution is 8.15. The molecule has 2 amide bonds. The molecule has 1 atom stereocenters. The van der Waals surface area contributed by atoms with E-state index < -0.39 is 0 Å². The molecule has 6 nitrogen and oxygen atoms in total. The van der Waals surface area contributed by atoms with Crippen LogP contribution in [0.3, 0.4) is 0 Å². The quantitative estimate of drug-likeness (QED) is 0.282. The average Bonchev–Trinajstić information content (AvgIpc) is 3.22. The van der Waals surface area contributed by atoms with Crippen molar-refractivity contribution in [2.75, 3.05) is 18.0 Å². The SMILES string of the molecule is O=C1NC(=O)C(CCCCCCN2CCCc3nc(-c4ccc(Cl)cc4)c(-c4ccc(Cl)cc4)nc32)S1. The monoisotopic (exact) mass is 554 g/mol. The molecule has 2 aliphatic heterocycles. The normalized spacial score (nSPS) is 17.1. The summed E-state index contributed by atoms with van der Waals surface area (Å²) in [7, 11) is 0. The predicted octanol–water partition coefficient (Wildman–Crippen LogP) is 7.17. The Labute approximate surface area is 231 Å². The molecule has 2 aromatic carbocycles. The molecule has 1 saturated heterocycles. The highest BCUT2D eigenvalue weighted by Gasteiger charge is 2.30. The van der Waals surface area contributed by atoms with Crippen LogP contribution in [0.4, 0.5) is 10.6 Å². The van der Waals surface area contributed by atoms with Crippen molar-refractivity contribution in [1.82, 2.24) is 15.3 Å². The largest absolute Gasteiger partial charge is 0.355 e. The summed E-state index contributed by atoms with van der Waals surface area (Å²) >= 11 is 13.4. The summed E-state index contributed by atoms with van der Waals surface area (Å²) < 4.78 is 0. The molecular formula is C28H28Cl2N4O2S. The number of aryl methyl sites for hydroxylation is 1. The molecule has 0 aliphatic carbocycles. The van der Waals surface area contributed by atoms with Gasteiger partial charge in [0, 0.05) is 34.3 Å². The van der Waals surface area contributed by atoms with E-state index in [0.717, 1.165) is 104 Å². The first-order chi connectivity index (χ1) is 18.0. The van der Waals surface area contributed by atoms with Crippen molar-refractivity contribution >= 4 is 51.9 Å². The Morgan fingerprint density at radius 1 is 0.865 bits per heavy atom. The van der Waals surface area contributed by atoms with E-state index in [0.29, 0.717) is 10.0 Å².